The molecule has 1 amide bonds. The summed E-state index contributed by atoms with van der Waals surface area (Å²) in [6.45, 7) is 0.270. The van der Waals surface area contributed by atoms with Crippen molar-refractivity contribution < 1.29 is 14.3 Å². The minimum atomic E-state index is -0.211. The van der Waals surface area contributed by atoms with Gasteiger partial charge in [-0.05, 0) is 37.7 Å². The predicted octanol–water partition coefficient (Wildman–Crippen LogP) is 2.65. The summed E-state index contributed by atoms with van der Waals surface area (Å²) in [5.41, 5.74) is 2.11. The van der Waals surface area contributed by atoms with Crippen LogP contribution in [0, 0.1) is 0 Å². The first-order valence-corrected chi connectivity index (χ1v) is 10.1. The lowest BCUT2D eigenvalue weighted by Gasteiger charge is -2.47. The topological polar surface area (TPSA) is 60.8 Å². The lowest BCUT2D eigenvalue weighted by atomic mass is 10.0. The first kappa shape index (κ1) is 16.4. The first-order valence-electron chi connectivity index (χ1n) is 10.1. The number of rotatable bonds is 3. The van der Waals surface area contributed by atoms with E-state index in [4.69, 9.17) is 9.47 Å². The third-order valence-corrected chi connectivity index (χ3v) is 6.66. The number of hydrogen-bond acceptors (Lipinski definition) is 4. The van der Waals surface area contributed by atoms with Gasteiger partial charge in [-0.25, -0.2) is 0 Å². The number of aryl methyl sites for hydroxylation is 1. The van der Waals surface area contributed by atoms with Crippen molar-refractivity contribution in [3.63, 3.8) is 0 Å². The third-order valence-electron chi connectivity index (χ3n) is 6.66. The van der Waals surface area contributed by atoms with E-state index in [-0.39, 0.29) is 48.1 Å². The summed E-state index contributed by atoms with van der Waals surface area (Å²) in [5, 5.41) is 0. The molecule has 6 nitrogen and oxygen atoms in total. The lowest BCUT2D eigenvalue weighted by Crippen LogP contribution is -2.58. The average molecular weight is 378 g/mol. The second-order valence-corrected chi connectivity index (χ2v) is 8.26. The maximum absolute atomic E-state index is 13.6. The summed E-state index contributed by atoms with van der Waals surface area (Å²) in [5.74, 6) is 0.0681. The van der Waals surface area contributed by atoms with E-state index in [1.807, 2.05) is 39.8 Å². The molecule has 2 unspecified atom stereocenters. The van der Waals surface area contributed by atoms with Gasteiger partial charge in [0.1, 0.15) is 6.61 Å². The fourth-order valence-corrected chi connectivity index (χ4v) is 5.44. The molecule has 6 heteroatoms. The molecule has 1 aromatic heterocycles. The van der Waals surface area contributed by atoms with E-state index in [1.165, 1.54) is 0 Å². The van der Waals surface area contributed by atoms with Gasteiger partial charge in [0, 0.05) is 17.8 Å². The number of pyridine rings is 1. The van der Waals surface area contributed by atoms with E-state index in [0.717, 1.165) is 43.4 Å². The van der Waals surface area contributed by atoms with Crippen LogP contribution in [0.25, 0.3) is 0 Å². The van der Waals surface area contributed by atoms with E-state index in [2.05, 4.69) is 0 Å². The Morgan fingerprint density at radius 2 is 1.96 bits per heavy atom. The number of carbonyl (C=O) groups is 1. The van der Waals surface area contributed by atoms with Gasteiger partial charge in [0.15, 0.2) is 17.7 Å². The summed E-state index contributed by atoms with van der Waals surface area (Å²) in [7, 11) is 0. The van der Waals surface area contributed by atoms with Gasteiger partial charge in [0.25, 0.3) is 5.91 Å². The molecule has 1 aromatic carbocycles. The van der Waals surface area contributed by atoms with E-state index < -0.39 is 0 Å². The second-order valence-electron chi connectivity index (χ2n) is 8.26. The Morgan fingerprint density at radius 3 is 2.82 bits per heavy atom. The van der Waals surface area contributed by atoms with E-state index in [0.29, 0.717) is 5.69 Å². The van der Waals surface area contributed by atoms with Gasteiger partial charge in [0.05, 0.1) is 12.1 Å². The average Bonchev–Trinajstić information content (AvgIpc) is 3.29. The molecule has 2 aromatic rings. The molecule has 2 fully saturated rings. The van der Waals surface area contributed by atoms with Crippen molar-refractivity contribution in [2.75, 3.05) is 0 Å². The van der Waals surface area contributed by atoms with Crippen LogP contribution in [-0.4, -0.2) is 33.7 Å². The number of nitrogens with zero attached hydrogens (tertiary/aromatic N) is 2. The van der Waals surface area contributed by atoms with Gasteiger partial charge in [-0.2, -0.15) is 0 Å². The molecule has 3 aliphatic heterocycles. The fraction of sp³-hybridized carbons (Fsp3) is 0.455. The molecule has 4 heterocycles. The molecule has 1 saturated heterocycles. The van der Waals surface area contributed by atoms with Crippen LogP contribution in [0.15, 0.2) is 41.2 Å². The van der Waals surface area contributed by atoms with Crippen LogP contribution in [0.1, 0.15) is 53.5 Å². The van der Waals surface area contributed by atoms with Gasteiger partial charge in [-0.15, -0.1) is 0 Å². The minimum Gasteiger partial charge on any atom is -0.483 e. The highest BCUT2D eigenvalue weighted by Crippen LogP contribution is 2.46. The molecule has 0 radical (unpaired) electrons. The highest BCUT2D eigenvalue weighted by Gasteiger charge is 2.53. The number of hydrogen-bond donors (Lipinski definition) is 0. The molecule has 0 N–H and O–H groups in total. The molecule has 6 rings (SSSR count). The third kappa shape index (κ3) is 2.24. The number of carbonyl (C=O) groups excluding carboxylic acids is 1. The highest BCUT2D eigenvalue weighted by atomic mass is 16.5. The first-order chi connectivity index (χ1) is 13.7. The summed E-state index contributed by atoms with van der Waals surface area (Å²) in [6.07, 6.45) is 4.62. The van der Waals surface area contributed by atoms with Gasteiger partial charge < -0.3 is 18.9 Å². The molecule has 0 spiro atoms. The van der Waals surface area contributed by atoms with Crippen molar-refractivity contribution in [1.82, 2.24) is 9.47 Å². The van der Waals surface area contributed by atoms with Crippen LogP contribution in [0.4, 0.5) is 0 Å². The maximum Gasteiger partial charge on any atom is 0.276 e. The largest absolute Gasteiger partial charge is 0.483 e. The standard InChI is InChI=1S/C22H22N2O4/c25-18-11-15-7-9-17-22-24(14-6-8-16(10-14)28-22)21(26)19(23(15)17)20(18)27-12-13-4-2-1-3-5-13/h1-5,11,14,16-17,22H,6-10,12H2/t14?,16?,17-,22-/m1/s1. The van der Waals surface area contributed by atoms with Crippen molar-refractivity contribution >= 4 is 5.91 Å². The van der Waals surface area contributed by atoms with Crippen LogP contribution >= 0.6 is 0 Å². The van der Waals surface area contributed by atoms with E-state index in [9.17, 15) is 9.59 Å². The van der Waals surface area contributed by atoms with Gasteiger partial charge in [0.2, 0.25) is 5.43 Å². The van der Waals surface area contributed by atoms with Crippen molar-refractivity contribution in [3.8, 4) is 5.75 Å². The summed E-state index contributed by atoms with van der Waals surface area (Å²) in [6, 6.07) is 11.7. The van der Waals surface area contributed by atoms with Crippen molar-refractivity contribution in [2.24, 2.45) is 0 Å². The molecule has 4 aliphatic rings. The van der Waals surface area contributed by atoms with Crippen LogP contribution in [-0.2, 0) is 17.8 Å². The van der Waals surface area contributed by atoms with Crippen molar-refractivity contribution in [3.05, 3.63) is 63.6 Å². The highest BCUT2D eigenvalue weighted by molar-refractivity contribution is 5.97. The maximum atomic E-state index is 13.6. The van der Waals surface area contributed by atoms with Crippen LogP contribution < -0.4 is 10.2 Å². The smallest absolute Gasteiger partial charge is 0.276 e. The summed E-state index contributed by atoms with van der Waals surface area (Å²) < 4.78 is 14.3. The molecule has 1 aliphatic carbocycles. The number of ether oxygens (including phenoxy) is 2. The number of fused-ring (bicyclic) bond motifs is 5. The SMILES string of the molecule is O=C1c2c(OCc3ccccc3)c(=O)cc3n2[C@H](CC3)[C@H]2OC3CCC(C3)N12. The zero-order valence-corrected chi connectivity index (χ0v) is 15.5. The predicted molar refractivity (Wildman–Crippen MR) is 101 cm³/mol. The fourth-order valence-electron chi connectivity index (χ4n) is 5.44. The van der Waals surface area contributed by atoms with Crippen LogP contribution in [0.5, 0.6) is 5.75 Å². The summed E-state index contributed by atoms with van der Waals surface area (Å²) in [4.78, 5) is 28.3. The second kappa shape index (κ2) is 5.95. The minimum absolute atomic E-state index is 0.0748. The Hall–Kier alpha value is -2.60. The number of benzene rings is 1. The van der Waals surface area contributed by atoms with Crippen LogP contribution in [0.2, 0.25) is 0 Å². The molecule has 144 valence electrons. The zero-order chi connectivity index (χ0) is 18.8. The van der Waals surface area contributed by atoms with Gasteiger partial charge >= 0.3 is 0 Å². The Kier molecular flexibility index (Phi) is 3.48. The number of aromatic nitrogens is 1. The van der Waals surface area contributed by atoms with E-state index >= 15 is 0 Å². The molecule has 2 bridgehead atoms. The van der Waals surface area contributed by atoms with Crippen LogP contribution in [0.3, 0.4) is 0 Å². The Labute approximate surface area is 162 Å². The molecule has 4 atom stereocenters. The Balaban J connectivity index is 1.45. The Bertz CT molecular complexity index is 1020. The Morgan fingerprint density at radius 1 is 1.11 bits per heavy atom. The normalized spacial score (nSPS) is 29.6. The number of amides is 1. The molecule has 28 heavy (non-hydrogen) atoms. The van der Waals surface area contributed by atoms with Gasteiger partial charge in [-0.1, -0.05) is 30.3 Å². The quantitative estimate of drug-likeness (QED) is 0.824. The zero-order valence-electron chi connectivity index (χ0n) is 15.5. The van der Waals surface area contributed by atoms with Crippen molar-refractivity contribution in [2.45, 2.75) is 63.1 Å². The van der Waals surface area contributed by atoms with Crippen molar-refractivity contribution in [1.29, 1.82) is 0 Å². The molecular formula is C22H22N2O4. The molecular weight excluding hydrogens is 356 g/mol. The summed E-state index contributed by atoms with van der Waals surface area (Å²) >= 11 is 0. The van der Waals surface area contributed by atoms with Gasteiger partial charge in [-0.3, -0.25) is 9.59 Å². The van der Waals surface area contributed by atoms with E-state index in [1.54, 1.807) is 6.07 Å². The monoisotopic (exact) mass is 378 g/mol. The lowest BCUT2D eigenvalue weighted by molar-refractivity contribution is -0.147. The molecule has 1 saturated carbocycles.